The average molecular weight is 577 g/mol. The second-order valence-electron chi connectivity index (χ2n) is 11.6. The van der Waals surface area contributed by atoms with Gasteiger partial charge in [-0.3, -0.25) is 0 Å². The van der Waals surface area contributed by atoms with Crippen LogP contribution in [0.2, 0.25) is 0 Å². The van der Waals surface area contributed by atoms with Crippen molar-refractivity contribution in [2.45, 2.75) is 9.79 Å². The third kappa shape index (κ3) is 3.37. The minimum absolute atomic E-state index is 0.920. The van der Waals surface area contributed by atoms with Gasteiger partial charge >= 0.3 is 0 Å². The maximum atomic E-state index is 6.18. The van der Waals surface area contributed by atoms with Gasteiger partial charge in [0.15, 0.2) is 0 Å². The third-order valence-electron chi connectivity index (χ3n) is 9.24. The Morgan fingerprint density at radius 2 is 0.977 bits per heavy atom. The summed E-state index contributed by atoms with van der Waals surface area (Å²) < 4.78 is 6.18. The Morgan fingerprint density at radius 1 is 0.386 bits per heavy atom. The molecule has 1 nitrogen and oxygen atoms in total. The van der Waals surface area contributed by atoms with Crippen molar-refractivity contribution in [3.8, 4) is 33.4 Å². The van der Waals surface area contributed by atoms with Crippen LogP contribution in [0.5, 0.6) is 0 Å². The van der Waals surface area contributed by atoms with Gasteiger partial charge in [0.25, 0.3) is 0 Å². The first-order valence-electron chi connectivity index (χ1n) is 15.0. The Labute approximate surface area is 258 Å². The molecule has 1 aliphatic rings. The van der Waals surface area contributed by atoms with Gasteiger partial charge in [0.05, 0.1) is 0 Å². The fourth-order valence-electron chi connectivity index (χ4n) is 7.35. The summed E-state index contributed by atoms with van der Waals surface area (Å²) >= 11 is 1.89. The van der Waals surface area contributed by atoms with Crippen molar-refractivity contribution in [2.75, 3.05) is 0 Å². The topological polar surface area (TPSA) is 13.1 Å². The molecular weight excluding hydrogens is 553 g/mol. The molecule has 0 unspecified atom stereocenters. The van der Waals surface area contributed by atoms with Gasteiger partial charge in [0.1, 0.15) is 11.2 Å². The van der Waals surface area contributed by atoms with Crippen molar-refractivity contribution in [1.29, 1.82) is 0 Å². The standard InChI is InChI=1S/C42H24OS/c1-3-14-33-31(12-1)40(26-20-22-37-35(23-26)28-11-5-6-17-36(28)43-37)32-13-2-4-15-34(32)41(33)27-19-21-29-30-16-7-9-25-10-8-18-38(42(25)30)44-39(29)24-27/h1-24H. The highest BCUT2D eigenvalue weighted by Crippen LogP contribution is 2.50. The van der Waals surface area contributed by atoms with Gasteiger partial charge in [-0.05, 0) is 90.6 Å². The zero-order valence-corrected chi connectivity index (χ0v) is 24.5. The first-order valence-corrected chi connectivity index (χ1v) is 15.8. The zero-order chi connectivity index (χ0) is 28.8. The van der Waals surface area contributed by atoms with E-state index in [1.165, 1.54) is 75.5 Å². The summed E-state index contributed by atoms with van der Waals surface area (Å²) in [5, 5.41) is 10.0. The van der Waals surface area contributed by atoms with Crippen LogP contribution in [0.15, 0.2) is 160 Å². The molecule has 10 rings (SSSR count). The lowest BCUT2D eigenvalue weighted by Crippen LogP contribution is -1.94. The first-order chi connectivity index (χ1) is 21.8. The Kier molecular flexibility index (Phi) is 5.00. The van der Waals surface area contributed by atoms with E-state index in [-0.39, 0.29) is 0 Å². The Balaban J connectivity index is 1.24. The number of para-hydroxylation sites is 1. The molecule has 0 aliphatic carbocycles. The predicted molar refractivity (Wildman–Crippen MR) is 187 cm³/mol. The lowest BCUT2D eigenvalue weighted by atomic mass is 9.85. The maximum Gasteiger partial charge on any atom is 0.135 e. The lowest BCUT2D eigenvalue weighted by molar-refractivity contribution is 0.669. The molecule has 2 heteroatoms. The maximum absolute atomic E-state index is 6.18. The van der Waals surface area contributed by atoms with Crippen LogP contribution >= 0.6 is 11.8 Å². The molecular formula is C42H24OS. The zero-order valence-electron chi connectivity index (χ0n) is 23.7. The largest absolute Gasteiger partial charge is 0.456 e. The number of furan rings is 1. The van der Waals surface area contributed by atoms with Crippen molar-refractivity contribution < 1.29 is 4.42 Å². The molecule has 1 aromatic heterocycles. The van der Waals surface area contributed by atoms with Crippen LogP contribution in [0, 0.1) is 0 Å². The van der Waals surface area contributed by atoms with E-state index in [1.807, 2.05) is 23.9 Å². The van der Waals surface area contributed by atoms with Gasteiger partial charge < -0.3 is 4.42 Å². The molecule has 204 valence electrons. The van der Waals surface area contributed by atoms with Gasteiger partial charge in [-0.15, -0.1) is 0 Å². The Hall–Kier alpha value is -5.31. The molecule has 0 saturated heterocycles. The fourth-order valence-corrected chi connectivity index (χ4v) is 8.54. The molecule has 9 aromatic rings. The summed E-state index contributed by atoms with van der Waals surface area (Å²) in [6, 6.07) is 53.1. The van der Waals surface area contributed by atoms with Crippen LogP contribution in [0.3, 0.4) is 0 Å². The van der Waals surface area contributed by atoms with E-state index in [9.17, 15) is 0 Å². The summed E-state index contributed by atoms with van der Waals surface area (Å²) in [5.41, 5.74) is 9.49. The highest BCUT2D eigenvalue weighted by atomic mass is 32.2. The van der Waals surface area contributed by atoms with Gasteiger partial charge in [-0.2, -0.15) is 0 Å². The van der Waals surface area contributed by atoms with Crippen LogP contribution < -0.4 is 0 Å². The van der Waals surface area contributed by atoms with Gasteiger partial charge in [0.2, 0.25) is 0 Å². The number of hydrogen-bond donors (Lipinski definition) is 0. The smallest absolute Gasteiger partial charge is 0.135 e. The molecule has 44 heavy (non-hydrogen) atoms. The molecule has 8 aromatic carbocycles. The van der Waals surface area contributed by atoms with Gasteiger partial charge in [0, 0.05) is 25.9 Å². The molecule has 0 N–H and O–H groups in total. The van der Waals surface area contributed by atoms with Gasteiger partial charge in [-0.25, -0.2) is 0 Å². The normalized spacial score (nSPS) is 12.5. The van der Waals surface area contributed by atoms with Crippen molar-refractivity contribution in [3.05, 3.63) is 146 Å². The van der Waals surface area contributed by atoms with E-state index in [4.69, 9.17) is 4.42 Å². The average Bonchev–Trinajstić information content (AvgIpc) is 3.45. The van der Waals surface area contributed by atoms with Crippen molar-refractivity contribution in [3.63, 3.8) is 0 Å². The summed E-state index contributed by atoms with van der Waals surface area (Å²) in [6.45, 7) is 0. The van der Waals surface area contributed by atoms with Crippen LogP contribution in [0.4, 0.5) is 0 Å². The SMILES string of the molecule is c1cc2c3c(cccc3c1)-c1ccc(-c3c4ccccc4c(-c4ccc5oc6ccccc6c5c4)c4ccccc34)cc1S2. The second-order valence-corrected chi connectivity index (χ2v) is 12.7. The molecule has 0 fully saturated rings. The minimum Gasteiger partial charge on any atom is -0.456 e. The summed E-state index contributed by atoms with van der Waals surface area (Å²) in [6.07, 6.45) is 0. The quantitative estimate of drug-likeness (QED) is 0.190. The predicted octanol–water partition coefficient (Wildman–Crippen LogP) is 12.5. The molecule has 1 aliphatic heterocycles. The van der Waals surface area contributed by atoms with Crippen molar-refractivity contribution in [1.82, 2.24) is 0 Å². The van der Waals surface area contributed by atoms with E-state index >= 15 is 0 Å². The van der Waals surface area contributed by atoms with E-state index in [2.05, 4.69) is 133 Å². The highest BCUT2D eigenvalue weighted by molar-refractivity contribution is 7.99. The van der Waals surface area contributed by atoms with Crippen molar-refractivity contribution >= 4 is 66.0 Å². The molecule has 0 amide bonds. The van der Waals surface area contributed by atoms with Gasteiger partial charge in [-0.1, -0.05) is 127 Å². The van der Waals surface area contributed by atoms with Crippen LogP contribution in [-0.4, -0.2) is 0 Å². The Morgan fingerprint density at radius 3 is 1.70 bits per heavy atom. The third-order valence-corrected chi connectivity index (χ3v) is 10.4. The van der Waals surface area contributed by atoms with Crippen molar-refractivity contribution in [2.24, 2.45) is 0 Å². The van der Waals surface area contributed by atoms with E-state index < -0.39 is 0 Å². The summed E-state index contributed by atoms with van der Waals surface area (Å²) in [7, 11) is 0. The van der Waals surface area contributed by atoms with Crippen LogP contribution in [0.25, 0.3) is 87.6 Å². The first kappa shape index (κ1) is 24.2. The molecule has 2 heterocycles. The fraction of sp³-hybridized carbons (Fsp3) is 0. The molecule has 0 radical (unpaired) electrons. The summed E-state index contributed by atoms with van der Waals surface area (Å²) in [4.78, 5) is 2.64. The molecule has 0 spiro atoms. The second kappa shape index (κ2) is 9.09. The number of rotatable bonds is 2. The highest BCUT2D eigenvalue weighted by Gasteiger charge is 2.22. The number of fused-ring (bicyclic) bond motifs is 7. The van der Waals surface area contributed by atoms with E-state index in [1.54, 1.807) is 0 Å². The summed E-state index contributed by atoms with van der Waals surface area (Å²) in [5.74, 6) is 0. The number of hydrogen-bond acceptors (Lipinski definition) is 2. The van der Waals surface area contributed by atoms with E-state index in [0.717, 1.165) is 21.9 Å². The molecule has 0 saturated carbocycles. The lowest BCUT2D eigenvalue weighted by Gasteiger charge is -2.22. The molecule has 0 atom stereocenters. The van der Waals surface area contributed by atoms with Crippen LogP contribution in [0.1, 0.15) is 0 Å². The molecule has 0 bridgehead atoms. The Bertz CT molecular complexity index is 2580. The van der Waals surface area contributed by atoms with E-state index in [0.29, 0.717) is 0 Å². The monoisotopic (exact) mass is 576 g/mol. The van der Waals surface area contributed by atoms with Crippen LogP contribution in [-0.2, 0) is 0 Å². The number of benzene rings is 8. The minimum atomic E-state index is 0.920.